The zero-order valence-electron chi connectivity index (χ0n) is 9.54. The molecule has 18 heavy (non-hydrogen) atoms. The molecule has 0 aromatic heterocycles. The first kappa shape index (κ1) is 27.8. The first-order chi connectivity index (χ1) is 6.79. The maximum atomic E-state index is 5.52. The van der Waals surface area contributed by atoms with Crippen molar-refractivity contribution in [1.82, 2.24) is 0 Å². The van der Waals surface area contributed by atoms with Gasteiger partial charge in [0, 0.05) is 0 Å². The summed E-state index contributed by atoms with van der Waals surface area (Å²) in [6, 6.07) is 20.0. The Balaban J connectivity index is -0.0000000891. The van der Waals surface area contributed by atoms with Crippen molar-refractivity contribution < 1.29 is 34.0 Å². The van der Waals surface area contributed by atoms with Crippen LogP contribution >= 0.6 is 23.2 Å². The fraction of sp³-hybridized carbons (Fsp3) is 0. The molecule has 0 aliphatic carbocycles. The van der Waals surface area contributed by atoms with E-state index in [0.29, 0.717) is 0 Å². The van der Waals surface area contributed by atoms with Gasteiger partial charge in [-0.25, -0.2) is 0 Å². The van der Waals surface area contributed by atoms with E-state index in [9.17, 15) is 0 Å². The minimum absolute atomic E-state index is 0. The molecule has 0 aliphatic heterocycles. The van der Waals surface area contributed by atoms with Crippen LogP contribution in [0.5, 0.6) is 0 Å². The van der Waals surface area contributed by atoms with Gasteiger partial charge in [0.2, 0.25) is 0 Å². The molecule has 0 amide bonds. The Bertz CT molecular complexity index is 323. The molecule has 6 heteroatoms. The largest absolute Gasteiger partial charge is 2.00 e. The molecule has 0 N–H and O–H groups in total. The summed E-state index contributed by atoms with van der Waals surface area (Å²) in [5.41, 5.74) is 0. The molecule has 0 atom stereocenters. The van der Waals surface area contributed by atoms with Crippen LogP contribution in [0.15, 0.2) is 48.5 Å². The summed E-state index contributed by atoms with van der Waals surface area (Å²) < 4.78 is 0. The number of benzene rings is 2. The van der Waals surface area contributed by atoms with E-state index in [1.807, 2.05) is 0 Å². The fourth-order valence-electron chi connectivity index (χ4n) is 0.733. The normalized spacial score (nSPS) is 6.78. The van der Waals surface area contributed by atoms with Crippen molar-refractivity contribution >= 4 is 69.3 Å². The van der Waals surface area contributed by atoms with E-state index in [2.05, 4.69) is 12.1 Å². The Morgan fingerprint density at radius 2 is 0.833 bits per heavy atom. The first-order valence-electron chi connectivity index (χ1n) is 4.02. The average molecular weight is 432 g/mol. The fourth-order valence-corrected chi connectivity index (χ4v) is 0.985. The van der Waals surface area contributed by atoms with Crippen molar-refractivity contribution in [2.75, 3.05) is 0 Å². The molecule has 2 aromatic rings. The van der Waals surface area contributed by atoms with Gasteiger partial charge in [0.05, 0.1) is 0 Å². The van der Waals surface area contributed by atoms with E-state index in [1.165, 1.54) is 0 Å². The second-order valence-electron chi connectivity index (χ2n) is 2.44. The summed E-state index contributed by atoms with van der Waals surface area (Å²) in [7, 11) is 0. The van der Waals surface area contributed by atoms with Crippen LogP contribution in [0.25, 0.3) is 0 Å². The molecule has 0 saturated heterocycles. The molecule has 0 radical (unpaired) electrons. The van der Waals surface area contributed by atoms with Crippen LogP contribution < -0.4 is 34.0 Å². The van der Waals surface area contributed by atoms with Gasteiger partial charge in [-0.1, -0.05) is 10.0 Å². The molecular weight excluding hydrogens is 423 g/mol. The van der Waals surface area contributed by atoms with Gasteiger partial charge < -0.3 is 34.0 Å². The van der Waals surface area contributed by atoms with Crippen molar-refractivity contribution in [1.29, 1.82) is 0 Å². The molecule has 88 valence electrons. The molecule has 2 rings (SSSR count). The molecule has 0 bridgehead atoms. The summed E-state index contributed by atoms with van der Waals surface area (Å²) in [6.45, 7) is 0. The SMILES string of the molecule is Clc1cc[c-]cc1.Clc1cc[c-]cc1.[Br-].[Br-].[Mg+2].[Mg+2]. The van der Waals surface area contributed by atoms with Crippen molar-refractivity contribution in [3.8, 4) is 0 Å². The van der Waals surface area contributed by atoms with E-state index in [-0.39, 0.29) is 80.1 Å². The Kier molecular flexibility index (Phi) is 28.6. The van der Waals surface area contributed by atoms with Crippen molar-refractivity contribution in [2.45, 2.75) is 0 Å². The van der Waals surface area contributed by atoms with Crippen molar-refractivity contribution in [3.05, 3.63) is 70.7 Å². The summed E-state index contributed by atoms with van der Waals surface area (Å²) >= 11 is 11.0. The summed E-state index contributed by atoms with van der Waals surface area (Å²) in [6.07, 6.45) is 0. The van der Waals surface area contributed by atoms with Crippen LogP contribution in [-0.2, 0) is 0 Å². The zero-order valence-corrected chi connectivity index (χ0v) is 17.1. The monoisotopic (exact) mass is 428 g/mol. The second kappa shape index (κ2) is 18.5. The van der Waals surface area contributed by atoms with Gasteiger partial charge in [0.15, 0.2) is 0 Å². The summed E-state index contributed by atoms with van der Waals surface area (Å²) in [4.78, 5) is 0. The molecule has 0 saturated carbocycles. The quantitative estimate of drug-likeness (QED) is 0.320. The van der Waals surface area contributed by atoms with Crippen LogP contribution in [0.3, 0.4) is 0 Å². The van der Waals surface area contributed by atoms with Crippen molar-refractivity contribution in [3.63, 3.8) is 0 Å². The van der Waals surface area contributed by atoms with E-state index in [0.717, 1.165) is 10.0 Å². The molecule has 0 spiro atoms. The topological polar surface area (TPSA) is 0 Å². The van der Waals surface area contributed by atoms with Crippen LogP contribution in [0, 0.1) is 12.1 Å². The third kappa shape index (κ3) is 15.6. The van der Waals surface area contributed by atoms with Gasteiger partial charge in [-0.3, -0.25) is 0 Å². The predicted octanol–water partition coefficient (Wildman–Crippen LogP) is -2.47. The average Bonchev–Trinajstić information content (AvgIpc) is 2.21. The Hall–Kier alpha value is 1.51. The molecule has 0 fully saturated rings. The van der Waals surface area contributed by atoms with Gasteiger partial charge in [0.1, 0.15) is 0 Å². The standard InChI is InChI=1S/2C6H4Cl.2BrH.2Mg/c2*7-6-4-2-1-3-5-6;;;;/h2*2-5H;2*1H;;/q2*-1;;;2*+2/p-2. The summed E-state index contributed by atoms with van der Waals surface area (Å²) in [5.74, 6) is 0. The van der Waals surface area contributed by atoms with Crippen LogP contribution in [0.4, 0.5) is 0 Å². The third-order valence-corrected chi connectivity index (χ3v) is 1.86. The van der Waals surface area contributed by atoms with E-state index in [1.54, 1.807) is 48.5 Å². The summed E-state index contributed by atoms with van der Waals surface area (Å²) in [5, 5.41) is 1.53. The van der Waals surface area contributed by atoms with Crippen LogP contribution in [0.1, 0.15) is 0 Å². The minimum atomic E-state index is 0. The second-order valence-corrected chi connectivity index (χ2v) is 3.31. The third-order valence-electron chi connectivity index (χ3n) is 1.36. The van der Waals surface area contributed by atoms with Gasteiger partial charge in [-0.15, -0.1) is 23.2 Å². The van der Waals surface area contributed by atoms with Gasteiger partial charge in [-0.2, -0.15) is 60.7 Å². The maximum absolute atomic E-state index is 5.52. The first-order valence-corrected chi connectivity index (χ1v) is 4.78. The van der Waals surface area contributed by atoms with Gasteiger partial charge in [-0.05, 0) is 0 Å². The minimum Gasteiger partial charge on any atom is -1.00 e. The predicted molar refractivity (Wildman–Crippen MR) is 72.1 cm³/mol. The number of hydrogen-bond acceptors (Lipinski definition) is 0. The number of halogens is 4. The molecule has 0 aliphatic rings. The Morgan fingerprint density at radius 1 is 0.611 bits per heavy atom. The van der Waals surface area contributed by atoms with E-state index in [4.69, 9.17) is 23.2 Å². The molecule has 2 aromatic carbocycles. The number of rotatable bonds is 0. The van der Waals surface area contributed by atoms with Crippen LogP contribution in [0.2, 0.25) is 10.0 Å². The van der Waals surface area contributed by atoms with Gasteiger partial charge in [0.25, 0.3) is 0 Å². The molecule has 0 unspecified atom stereocenters. The molecular formula is C12H8Br2Cl2Mg2. The number of hydrogen-bond donors (Lipinski definition) is 0. The van der Waals surface area contributed by atoms with Crippen molar-refractivity contribution in [2.24, 2.45) is 0 Å². The molecule has 0 nitrogen and oxygen atoms in total. The Labute approximate surface area is 172 Å². The van der Waals surface area contributed by atoms with E-state index < -0.39 is 0 Å². The Morgan fingerprint density at radius 3 is 0.944 bits per heavy atom. The zero-order chi connectivity index (χ0) is 10.2. The van der Waals surface area contributed by atoms with Gasteiger partial charge >= 0.3 is 46.1 Å². The molecule has 0 heterocycles. The van der Waals surface area contributed by atoms with E-state index >= 15 is 0 Å². The maximum Gasteiger partial charge on any atom is 2.00 e. The van der Waals surface area contributed by atoms with Crippen LogP contribution in [-0.4, -0.2) is 46.1 Å². The smallest absolute Gasteiger partial charge is 1.00 e.